The molecule has 5 heteroatoms. The lowest BCUT2D eigenvalue weighted by Crippen LogP contribution is -2.04. The van der Waals surface area contributed by atoms with E-state index < -0.39 is 0 Å². The zero-order valence-electron chi connectivity index (χ0n) is 14.0. The molecule has 4 nitrogen and oxygen atoms in total. The van der Waals surface area contributed by atoms with Crippen LogP contribution in [-0.4, -0.2) is 26.3 Å². The Morgan fingerprint density at radius 2 is 1.79 bits per heavy atom. The van der Waals surface area contributed by atoms with Crippen LogP contribution in [0.3, 0.4) is 0 Å². The van der Waals surface area contributed by atoms with E-state index in [0.29, 0.717) is 5.75 Å². The number of aryl methyl sites for hydroxylation is 2. The third-order valence-corrected chi connectivity index (χ3v) is 4.84. The first-order chi connectivity index (χ1) is 11.5. The number of benzene rings is 2. The molecule has 1 aromatic heterocycles. The van der Waals surface area contributed by atoms with Crippen molar-refractivity contribution in [1.29, 1.82) is 0 Å². The van der Waals surface area contributed by atoms with E-state index in [4.69, 9.17) is 0 Å². The van der Waals surface area contributed by atoms with Gasteiger partial charge in [0.15, 0.2) is 16.8 Å². The fourth-order valence-electron chi connectivity index (χ4n) is 2.43. The largest absolute Gasteiger partial charge is 0.305 e. The molecule has 0 saturated heterocycles. The second-order valence-electron chi connectivity index (χ2n) is 5.81. The van der Waals surface area contributed by atoms with E-state index in [2.05, 4.69) is 29.3 Å². The van der Waals surface area contributed by atoms with Crippen molar-refractivity contribution in [2.45, 2.75) is 19.0 Å². The maximum absolute atomic E-state index is 12.3. The van der Waals surface area contributed by atoms with Crippen molar-refractivity contribution < 1.29 is 4.79 Å². The summed E-state index contributed by atoms with van der Waals surface area (Å²) in [6.45, 7) is 4.06. The van der Waals surface area contributed by atoms with Gasteiger partial charge in [-0.2, -0.15) is 0 Å². The Balaban J connectivity index is 1.72. The fourth-order valence-corrected chi connectivity index (χ4v) is 3.23. The number of hydrogen-bond donors (Lipinski definition) is 0. The molecule has 3 aromatic rings. The average molecular weight is 337 g/mol. The van der Waals surface area contributed by atoms with E-state index in [1.807, 2.05) is 54.9 Å². The summed E-state index contributed by atoms with van der Waals surface area (Å²) in [5.74, 6) is 1.26. The van der Waals surface area contributed by atoms with Crippen LogP contribution in [0.1, 0.15) is 21.5 Å². The Morgan fingerprint density at radius 1 is 1.04 bits per heavy atom. The van der Waals surface area contributed by atoms with E-state index in [1.165, 1.54) is 17.3 Å². The molecule has 0 saturated carbocycles. The number of ketones is 1. The minimum Gasteiger partial charge on any atom is -0.305 e. The van der Waals surface area contributed by atoms with Crippen LogP contribution in [0, 0.1) is 13.8 Å². The van der Waals surface area contributed by atoms with Gasteiger partial charge in [-0.15, -0.1) is 10.2 Å². The van der Waals surface area contributed by atoms with Gasteiger partial charge in [-0.25, -0.2) is 0 Å². The lowest BCUT2D eigenvalue weighted by Gasteiger charge is -2.05. The van der Waals surface area contributed by atoms with Crippen LogP contribution in [0.2, 0.25) is 0 Å². The first-order valence-corrected chi connectivity index (χ1v) is 8.72. The van der Waals surface area contributed by atoms with Crippen LogP contribution in [0.5, 0.6) is 0 Å². The monoisotopic (exact) mass is 337 g/mol. The Labute approximate surface area is 145 Å². The summed E-state index contributed by atoms with van der Waals surface area (Å²) in [7, 11) is 1.93. The first kappa shape index (κ1) is 16.5. The summed E-state index contributed by atoms with van der Waals surface area (Å²) in [5, 5.41) is 9.24. The second kappa shape index (κ2) is 7.01. The van der Waals surface area contributed by atoms with Gasteiger partial charge in [-0.3, -0.25) is 4.79 Å². The van der Waals surface area contributed by atoms with Gasteiger partial charge in [-0.1, -0.05) is 65.4 Å². The highest BCUT2D eigenvalue weighted by Gasteiger charge is 2.13. The molecule has 2 aromatic carbocycles. The standard InChI is InChI=1S/C19H19N3OS/c1-13-7-9-15(10-8-13)17(23)12-24-19-21-20-18(22(19)3)16-6-4-5-14(2)11-16/h4-11H,12H2,1-3H3. The maximum Gasteiger partial charge on any atom is 0.191 e. The summed E-state index contributed by atoms with van der Waals surface area (Å²) >= 11 is 1.41. The van der Waals surface area contributed by atoms with Gasteiger partial charge >= 0.3 is 0 Å². The molecule has 0 N–H and O–H groups in total. The van der Waals surface area contributed by atoms with Gasteiger partial charge in [0, 0.05) is 18.2 Å². The molecular formula is C19H19N3OS. The van der Waals surface area contributed by atoms with Gasteiger partial charge in [0.25, 0.3) is 0 Å². The Kier molecular flexibility index (Phi) is 4.81. The Morgan fingerprint density at radius 3 is 2.50 bits per heavy atom. The number of carbonyl (C=O) groups excluding carboxylic acids is 1. The van der Waals surface area contributed by atoms with E-state index >= 15 is 0 Å². The molecule has 0 bridgehead atoms. The smallest absolute Gasteiger partial charge is 0.191 e. The zero-order valence-corrected chi connectivity index (χ0v) is 14.8. The average Bonchev–Trinajstić information content (AvgIpc) is 2.94. The third kappa shape index (κ3) is 3.57. The first-order valence-electron chi connectivity index (χ1n) is 7.73. The summed E-state index contributed by atoms with van der Waals surface area (Å²) in [4.78, 5) is 12.3. The molecule has 0 fully saturated rings. The van der Waals surface area contributed by atoms with Crippen LogP contribution < -0.4 is 0 Å². The minimum atomic E-state index is 0.0973. The summed E-state index contributed by atoms with van der Waals surface area (Å²) < 4.78 is 1.93. The molecule has 0 aliphatic heterocycles. The molecule has 0 spiro atoms. The molecule has 0 unspecified atom stereocenters. The minimum absolute atomic E-state index is 0.0973. The van der Waals surface area contributed by atoms with Gasteiger partial charge < -0.3 is 4.57 Å². The predicted molar refractivity (Wildman–Crippen MR) is 97.4 cm³/mol. The number of hydrogen-bond acceptors (Lipinski definition) is 4. The highest BCUT2D eigenvalue weighted by atomic mass is 32.2. The third-order valence-electron chi connectivity index (χ3n) is 3.82. The fraction of sp³-hybridized carbons (Fsp3) is 0.211. The lowest BCUT2D eigenvalue weighted by molar-refractivity contribution is 0.102. The van der Waals surface area contributed by atoms with Gasteiger partial charge in [-0.05, 0) is 19.9 Å². The predicted octanol–water partition coefficient (Wildman–Crippen LogP) is 4.07. The van der Waals surface area contributed by atoms with E-state index in [-0.39, 0.29) is 5.78 Å². The van der Waals surface area contributed by atoms with Gasteiger partial charge in [0.05, 0.1) is 5.75 Å². The van der Waals surface area contributed by atoms with Gasteiger partial charge in [0.1, 0.15) is 0 Å². The van der Waals surface area contributed by atoms with Crippen LogP contribution in [0.25, 0.3) is 11.4 Å². The molecule has 122 valence electrons. The number of rotatable bonds is 5. The zero-order chi connectivity index (χ0) is 17.1. The van der Waals surface area contributed by atoms with Crippen LogP contribution in [0.15, 0.2) is 53.7 Å². The molecule has 3 rings (SSSR count). The van der Waals surface area contributed by atoms with Crippen molar-refractivity contribution in [3.05, 3.63) is 65.2 Å². The van der Waals surface area contributed by atoms with Crippen molar-refractivity contribution in [1.82, 2.24) is 14.8 Å². The number of Topliss-reactive ketones (excluding diaryl/α,β-unsaturated/α-hetero) is 1. The summed E-state index contributed by atoms with van der Waals surface area (Å²) in [5.41, 5.74) is 4.09. The second-order valence-corrected chi connectivity index (χ2v) is 6.76. The highest BCUT2D eigenvalue weighted by molar-refractivity contribution is 7.99. The quantitative estimate of drug-likeness (QED) is 0.520. The van der Waals surface area contributed by atoms with Gasteiger partial charge in [0.2, 0.25) is 0 Å². The molecule has 0 aliphatic rings. The normalized spacial score (nSPS) is 10.8. The highest BCUT2D eigenvalue weighted by Crippen LogP contribution is 2.23. The molecular weight excluding hydrogens is 318 g/mol. The maximum atomic E-state index is 12.3. The molecule has 24 heavy (non-hydrogen) atoms. The van der Waals surface area contributed by atoms with Crippen molar-refractivity contribution in [3.63, 3.8) is 0 Å². The SMILES string of the molecule is Cc1ccc(C(=O)CSc2nnc(-c3cccc(C)c3)n2C)cc1. The lowest BCUT2D eigenvalue weighted by atomic mass is 10.1. The number of aromatic nitrogens is 3. The topological polar surface area (TPSA) is 47.8 Å². The van der Waals surface area contributed by atoms with E-state index in [0.717, 1.165) is 27.7 Å². The van der Waals surface area contributed by atoms with Crippen LogP contribution in [-0.2, 0) is 7.05 Å². The van der Waals surface area contributed by atoms with Crippen LogP contribution >= 0.6 is 11.8 Å². The summed E-state index contributed by atoms with van der Waals surface area (Å²) in [6.07, 6.45) is 0. The number of thioether (sulfide) groups is 1. The Bertz CT molecular complexity index is 869. The Hall–Kier alpha value is -2.40. The van der Waals surface area contributed by atoms with Crippen molar-refractivity contribution in [3.8, 4) is 11.4 Å². The molecule has 0 amide bonds. The van der Waals surface area contributed by atoms with E-state index in [1.54, 1.807) is 0 Å². The van der Waals surface area contributed by atoms with Crippen molar-refractivity contribution in [2.24, 2.45) is 7.05 Å². The molecule has 0 atom stereocenters. The number of carbonyl (C=O) groups is 1. The molecule has 1 heterocycles. The summed E-state index contributed by atoms with van der Waals surface area (Å²) in [6, 6.07) is 15.8. The molecule has 0 radical (unpaired) electrons. The van der Waals surface area contributed by atoms with Crippen molar-refractivity contribution >= 4 is 17.5 Å². The van der Waals surface area contributed by atoms with E-state index in [9.17, 15) is 4.79 Å². The van der Waals surface area contributed by atoms with Crippen LogP contribution in [0.4, 0.5) is 0 Å². The number of nitrogens with zero attached hydrogens (tertiary/aromatic N) is 3. The van der Waals surface area contributed by atoms with Crippen molar-refractivity contribution in [2.75, 3.05) is 5.75 Å². The molecule has 0 aliphatic carbocycles.